The first-order valence-electron chi connectivity index (χ1n) is 6.72. The molecule has 0 bridgehead atoms. The Labute approximate surface area is 120 Å². The Hall–Kier alpha value is -1.76. The largest absolute Gasteiger partial charge is 0.465 e. The van der Waals surface area contributed by atoms with E-state index in [0.717, 1.165) is 30.8 Å². The molecule has 7 heteroatoms. The first kappa shape index (κ1) is 15.6. The van der Waals surface area contributed by atoms with Crippen LogP contribution in [0.3, 0.4) is 0 Å². The monoisotopic (exact) mass is 302 g/mol. The van der Waals surface area contributed by atoms with Crippen LogP contribution < -0.4 is 5.32 Å². The summed E-state index contributed by atoms with van der Waals surface area (Å²) in [6.45, 7) is 2.04. The molecule has 1 aromatic carbocycles. The fourth-order valence-corrected chi connectivity index (χ4v) is 2.47. The van der Waals surface area contributed by atoms with Gasteiger partial charge >= 0.3 is 12.3 Å². The van der Waals surface area contributed by atoms with Crippen LogP contribution in [0.1, 0.15) is 24.0 Å². The zero-order valence-corrected chi connectivity index (χ0v) is 11.4. The average molecular weight is 302 g/mol. The number of piperidine rings is 1. The Morgan fingerprint density at radius 2 is 1.81 bits per heavy atom. The lowest BCUT2D eigenvalue weighted by molar-refractivity contribution is -0.137. The zero-order valence-electron chi connectivity index (χ0n) is 11.4. The van der Waals surface area contributed by atoms with Crippen molar-refractivity contribution >= 4 is 6.09 Å². The number of amides is 1. The van der Waals surface area contributed by atoms with Gasteiger partial charge in [-0.2, -0.15) is 13.2 Å². The summed E-state index contributed by atoms with van der Waals surface area (Å²) in [5, 5.41) is 11.1. The van der Waals surface area contributed by atoms with Crippen LogP contribution in [0, 0.1) is 0 Å². The van der Waals surface area contributed by atoms with Crippen LogP contribution in [0.25, 0.3) is 0 Å². The Morgan fingerprint density at radius 3 is 2.29 bits per heavy atom. The molecular formula is C14H17F3N2O2. The van der Waals surface area contributed by atoms with E-state index in [1.54, 1.807) is 0 Å². The number of nitrogens with zero attached hydrogens (tertiary/aromatic N) is 1. The number of rotatable bonds is 3. The van der Waals surface area contributed by atoms with Crippen molar-refractivity contribution in [2.75, 3.05) is 13.1 Å². The Bertz CT molecular complexity index is 480. The summed E-state index contributed by atoms with van der Waals surface area (Å²) in [4.78, 5) is 12.7. The molecule has 2 N–H and O–H groups in total. The van der Waals surface area contributed by atoms with Gasteiger partial charge in [-0.15, -0.1) is 0 Å². The third kappa shape index (κ3) is 4.63. The highest BCUT2D eigenvalue weighted by Crippen LogP contribution is 2.29. The summed E-state index contributed by atoms with van der Waals surface area (Å²) >= 11 is 0. The highest BCUT2D eigenvalue weighted by molar-refractivity contribution is 5.64. The molecule has 2 rings (SSSR count). The normalized spacial score (nSPS) is 17.7. The van der Waals surface area contributed by atoms with Gasteiger partial charge in [-0.3, -0.25) is 4.90 Å². The molecule has 116 valence electrons. The smallest absolute Gasteiger partial charge is 0.416 e. The summed E-state index contributed by atoms with van der Waals surface area (Å²) in [6.07, 6.45) is -3.89. The number of likely N-dealkylation sites (tertiary alicyclic amines) is 1. The van der Waals surface area contributed by atoms with E-state index in [1.165, 1.54) is 12.1 Å². The molecule has 0 saturated carbocycles. The molecule has 0 radical (unpaired) electrons. The van der Waals surface area contributed by atoms with E-state index in [1.807, 2.05) is 0 Å². The molecule has 1 aromatic rings. The molecule has 0 unspecified atom stereocenters. The second-order valence-corrected chi connectivity index (χ2v) is 5.19. The van der Waals surface area contributed by atoms with Crippen molar-refractivity contribution in [1.82, 2.24) is 10.2 Å². The maximum absolute atomic E-state index is 12.5. The molecule has 1 amide bonds. The molecule has 0 aromatic heterocycles. The van der Waals surface area contributed by atoms with Crippen LogP contribution in [0.4, 0.5) is 18.0 Å². The number of benzene rings is 1. The second-order valence-electron chi connectivity index (χ2n) is 5.19. The van der Waals surface area contributed by atoms with E-state index in [2.05, 4.69) is 10.2 Å². The number of hydrogen-bond donors (Lipinski definition) is 2. The lowest BCUT2D eigenvalue weighted by Crippen LogP contribution is -2.43. The van der Waals surface area contributed by atoms with Crippen molar-refractivity contribution in [1.29, 1.82) is 0 Å². The molecule has 1 aliphatic rings. The van der Waals surface area contributed by atoms with Crippen molar-refractivity contribution in [3.05, 3.63) is 35.4 Å². The van der Waals surface area contributed by atoms with Gasteiger partial charge in [-0.1, -0.05) is 12.1 Å². The van der Waals surface area contributed by atoms with Gasteiger partial charge in [0.25, 0.3) is 0 Å². The third-order valence-electron chi connectivity index (χ3n) is 3.60. The number of hydrogen-bond acceptors (Lipinski definition) is 2. The first-order valence-corrected chi connectivity index (χ1v) is 6.72. The minimum Gasteiger partial charge on any atom is -0.465 e. The zero-order chi connectivity index (χ0) is 15.5. The first-order chi connectivity index (χ1) is 9.84. The Morgan fingerprint density at radius 1 is 1.24 bits per heavy atom. The van der Waals surface area contributed by atoms with Crippen LogP contribution in [-0.2, 0) is 12.7 Å². The van der Waals surface area contributed by atoms with Crippen molar-refractivity contribution in [2.45, 2.75) is 31.6 Å². The molecule has 21 heavy (non-hydrogen) atoms. The summed E-state index contributed by atoms with van der Waals surface area (Å²) in [6, 6.07) is 5.13. The van der Waals surface area contributed by atoms with Crippen LogP contribution in [0.2, 0.25) is 0 Å². The van der Waals surface area contributed by atoms with Crippen LogP contribution >= 0.6 is 0 Å². The van der Waals surface area contributed by atoms with Crippen LogP contribution in [0.5, 0.6) is 0 Å². The van der Waals surface area contributed by atoms with E-state index in [0.29, 0.717) is 19.4 Å². The van der Waals surface area contributed by atoms with Crippen molar-refractivity contribution in [2.24, 2.45) is 0 Å². The van der Waals surface area contributed by atoms with E-state index in [9.17, 15) is 18.0 Å². The lowest BCUT2D eigenvalue weighted by Gasteiger charge is -2.31. The van der Waals surface area contributed by atoms with Gasteiger partial charge in [0.2, 0.25) is 0 Å². The predicted octanol–water partition coefficient (Wildman–Crippen LogP) is 2.94. The van der Waals surface area contributed by atoms with Gasteiger partial charge in [0.1, 0.15) is 0 Å². The number of carboxylic acid groups (broad SMARTS) is 1. The van der Waals surface area contributed by atoms with E-state index in [4.69, 9.17) is 5.11 Å². The third-order valence-corrected chi connectivity index (χ3v) is 3.60. The van der Waals surface area contributed by atoms with E-state index in [-0.39, 0.29) is 6.04 Å². The number of carbonyl (C=O) groups is 1. The van der Waals surface area contributed by atoms with Gasteiger partial charge in [0, 0.05) is 25.7 Å². The molecule has 0 spiro atoms. The molecule has 0 atom stereocenters. The second kappa shape index (κ2) is 6.34. The molecule has 1 heterocycles. The molecule has 0 aliphatic carbocycles. The predicted molar refractivity (Wildman–Crippen MR) is 70.9 cm³/mol. The van der Waals surface area contributed by atoms with Crippen molar-refractivity contribution in [3.63, 3.8) is 0 Å². The number of alkyl halides is 3. The minimum atomic E-state index is -4.31. The summed E-state index contributed by atoms with van der Waals surface area (Å²) in [5.74, 6) is 0. The van der Waals surface area contributed by atoms with Gasteiger partial charge in [0.05, 0.1) is 5.56 Å². The van der Waals surface area contributed by atoms with Gasteiger partial charge in [-0.25, -0.2) is 4.79 Å². The maximum atomic E-state index is 12.5. The van der Waals surface area contributed by atoms with Gasteiger partial charge in [-0.05, 0) is 30.5 Å². The van der Waals surface area contributed by atoms with Crippen LogP contribution in [-0.4, -0.2) is 35.2 Å². The number of nitrogens with one attached hydrogen (secondary N) is 1. The minimum absolute atomic E-state index is 0.0358. The molecular weight excluding hydrogens is 285 g/mol. The van der Waals surface area contributed by atoms with Crippen LogP contribution in [0.15, 0.2) is 24.3 Å². The lowest BCUT2D eigenvalue weighted by atomic mass is 10.0. The summed E-state index contributed by atoms with van der Waals surface area (Å²) in [7, 11) is 0. The highest BCUT2D eigenvalue weighted by atomic mass is 19.4. The molecule has 1 saturated heterocycles. The Kier molecular flexibility index (Phi) is 4.72. The standard InChI is InChI=1S/C14H17F3N2O2/c15-14(16,17)11-3-1-10(2-4-11)9-19-7-5-12(6-8-19)18-13(20)21/h1-4,12,18H,5-9H2,(H,20,21). The summed E-state index contributed by atoms with van der Waals surface area (Å²) in [5.41, 5.74) is 0.184. The maximum Gasteiger partial charge on any atom is 0.416 e. The number of halogens is 3. The SMILES string of the molecule is O=C(O)NC1CCN(Cc2ccc(C(F)(F)F)cc2)CC1. The van der Waals surface area contributed by atoms with E-state index >= 15 is 0 Å². The quantitative estimate of drug-likeness (QED) is 0.902. The average Bonchev–Trinajstić information content (AvgIpc) is 2.40. The fourth-order valence-electron chi connectivity index (χ4n) is 2.47. The van der Waals surface area contributed by atoms with Crippen molar-refractivity contribution in [3.8, 4) is 0 Å². The fraction of sp³-hybridized carbons (Fsp3) is 0.500. The Balaban J connectivity index is 1.85. The topological polar surface area (TPSA) is 52.6 Å². The molecule has 1 fully saturated rings. The summed E-state index contributed by atoms with van der Waals surface area (Å²) < 4.78 is 37.4. The molecule has 1 aliphatic heterocycles. The van der Waals surface area contributed by atoms with E-state index < -0.39 is 17.8 Å². The van der Waals surface area contributed by atoms with Crippen molar-refractivity contribution < 1.29 is 23.1 Å². The highest BCUT2D eigenvalue weighted by Gasteiger charge is 2.30. The van der Waals surface area contributed by atoms with Gasteiger partial charge < -0.3 is 10.4 Å². The molecule has 4 nitrogen and oxygen atoms in total. The van der Waals surface area contributed by atoms with Gasteiger partial charge in [0.15, 0.2) is 0 Å².